The van der Waals surface area contributed by atoms with Crippen molar-refractivity contribution >= 4 is 7.12 Å². The molecule has 110 valence electrons. The predicted molar refractivity (Wildman–Crippen MR) is 77.7 cm³/mol. The quantitative estimate of drug-likeness (QED) is 0.828. The monoisotopic (exact) mass is 279 g/mol. The molecule has 0 spiro atoms. The van der Waals surface area contributed by atoms with Gasteiger partial charge in [0.1, 0.15) is 11.5 Å². The molecular formula is C14H22BNO4. The fourth-order valence-electron chi connectivity index (χ4n) is 2.16. The summed E-state index contributed by atoms with van der Waals surface area (Å²) in [6, 6.07) is 4.83. The number of hydrogen-bond acceptors (Lipinski definition) is 5. The standard InChI is InChI=1S/C14H22BNO4/c1-13(2)14(3,4)20-15(19-13)12(16)10-7-6-9(17)8-11(10)18-5/h6-8,12,17H,16H2,1-5H3/t12-/m0/s1. The number of aromatic hydroxyl groups is 1. The van der Waals surface area contributed by atoms with E-state index in [1.165, 1.54) is 13.2 Å². The molecule has 1 saturated heterocycles. The number of benzene rings is 1. The van der Waals surface area contributed by atoms with Crippen molar-refractivity contribution in [3.05, 3.63) is 23.8 Å². The average molecular weight is 279 g/mol. The molecule has 0 aliphatic carbocycles. The number of rotatable bonds is 3. The Morgan fingerprint density at radius 2 is 1.75 bits per heavy atom. The highest BCUT2D eigenvalue weighted by Crippen LogP contribution is 2.41. The van der Waals surface area contributed by atoms with Crippen LogP contribution in [0.25, 0.3) is 0 Å². The van der Waals surface area contributed by atoms with Crippen molar-refractivity contribution in [2.45, 2.75) is 44.8 Å². The zero-order valence-electron chi connectivity index (χ0n) is 12.6. The van der Waals surface area contributed by atoms with Gasteiger partial charge in [-0.1, -0.05) is 6.07 Å². The highest BCUT2D eigenvalue weighted by Gasteiger charge is 2.53. The highest BCUT2D eigenvalue weighted by molar-refractivity contribution is 6.47. The van der Waals surface area contributed by atoms with Gasteiger partial charge in [0.05, 0.1) is 24.3 Å². The summed E-state index contributed by atoms with van der Waals surface area (Å²) in [5.41, 5.74) is 6.13. The van der Waals surface area contributed by atoms with Gasteiger partial charge >= 0.3 is 7.12 Å². The first-order valence-corrected chi connectivity index (χ1v) is 6.66. The van der Waals surface area contributed by atoms with Crippen LogP contribution in [0.2, 0.25) is 0 Å². The molecular weight excluding hydrogens is 257 g/mol. The average Bonchev–Trinajstić information content (AvgIpc) is 2.57. The zero-order chi connectivity index (χ0) is 15.1. The summed E-state index contributed by atoms with van der Waals surface area (Å²) < 4.78 is 17.1. The fourth-order valence-corrected chi connectivity index (χ4v) is 2.16. The summed E-state index contributed by atoms with van der Waals surface area (Å²) in [5, 5.41) is 9.50. The Morgan fingerprint density at radius 1 is 1.20 bits per heavy atom. The molecule has 5 nitrogen and oxygen atoms in total. The van der Waals surface area contributed by atoms with E-state index in [4.69, 9.17) is 19.8 Å². The summed E-state index contributed by atoms with van der Waals surface area (Å²) in [6.07, 6.45) is 0. The number of phenols is 1. The lowest BCUT2D eigenvalue weighted by molar-refractivity contribution is 0.00578. The summed E-state index contributed by atoms with van der Waals surface area (Å²) in [4.78, 5) is 0. The molecule has 0 radical (unpaired) electrons. The number of methoxy groups -OCH3 is 1. The van der Waals surface area contributed by atoms with Gasteiger partial charge in [-0.05, 0) is 33.8 Å². The lowest BCUT2D eigenvalue weighted by atomic mass is 9.74. The molecule has 0 aromatic heterocycles. The van der Waals surface area contributed by atoms with Gasteiger partial charge in [-0.15, -0.1) is 0 Å². The van der Waals surface area contributed by atoms with Crippen molar-refractivity contribution in [1.29, 1.82) is 0 Å². The van der Waals surface area contributed by atoms with Crippen LogP contribution in [0.4, 0.5) is 0 Å². The van der Waals surface area contributed by atoms with Crippen LogP contribution in [0.15, 0.2) is 18.2 Å². The molecule has 1 heterocycles. The van der Waals surface area contributed by atoms with Gasteiger partial charge in [-0.25, -0.2) is 0 Å². The molecule has 20 heavy (non-hydrogen) atoms. The maximum absolute atomic E-state index is 9.50. The van der Waals surface area contributed by atoms with E-state index < -0.39 is 24.3 Å². The Kier molecular flexibility index (Phi) is 3.75. The fraction of sp³-hybridized carbons (Fsp3) is 0.571. The second-order valence-electron chi connectivity index (χ2n) is 6.08. The van der Waals surface area contributed by atoms with E-state index >= 15 is 0 Å². The number of phenolic OH excluding ortho intramolecular Hbond substituents is 1. The van der Waals surface area contributed by atoms with Gasteiger partial charge in [0.15, 0.2) is 0 Å². The van der Waals surface area contributed by atoms with Gasteiger partial charge in [-0.2, -0.15) is 0 Å². The first kappa shape index (κ1) is 15.2. The van der Waals surface area contributed by atoms with Crippen LogP contribution in [0.3, 0.4) is 0 Å². The minimum Gasteiger partial charge on any atom is -0.508 e. The van der Waals surface area contributed by atoms with Crippen LogP contribution in [0.1, 0.15) is 39.2 Å². The molecule has 1 aliphatic rings. The Balaban J connectivity index is 2.27. The second kappa shape index (κ2) is 4.95. The first-order chi connectivity index (χ1) is 9.18. The number of ether oxygens (including phenoxy) is 1. The third kappa shape index (κ3) is 2.51. The van der Waals surface area contributed by atoms with Crippen molar-refractivity contribution in [3.8, 4) is 11.5 Å². The lowest BCUT2D eigenvalue weighted by Gasteiger charge is -2.32. The largest absolute Gasteiger partial charge is 0.508 e. The highest BCUT2D eigenvalue weighted by atomic mass is 16.7. The molecule has 0 bridgehead atoms. The van der Waals surface area contributed by atoms with Crippen LogP contribution in [-0.2, 0) is 9.31 Å². The molecule has 2 rings (SSSR count). The van der Waals surface area contributed by atoms with Gasteiger partial charge in [0.25, 0.3) is 0 Å². The smallest absolute Gasteiger partial charge is 0.480 e. The minimum atomic E-state index is -0.557. The Morgan fingerprint density at radius 3 is 2.25 bits per heavy atom. The van der Waals surface area contributed by atoms with E-state index in [1.54, 1.807) is 12.1 Å². The van der Waals surface area contributed by atoms with E-state index in [9.17, 15) is 5.11 Å². The third-order valence-electron chi connectivity index (χ3n) is 4.14. The van der Waals surface area contributed by atoms with Gasteiger partial charge in [0, 0.05) is 11.6 Å². The van der Waals surface area contributed by atoms with Crippen LogP contribution < -0.4 is 10.5 Å². The van der Waals surface area contributed by atoms with Gasteiger partial charge in [-0.3, -0.25) is 0 Å². The van der Waals surface area contributed by atoms with Crippen molar-refractivity contribution in [2.24, 2.45) is 5.73 Å². The van der Waals surface area contributed by atoms with Crippen molar-refractivity contribution in [2.75, 3.05) is 7.11 Å². The number of hydrogen-bond donors (Lipinski definition) is 2. The van der Waals surface area contributed by atoms with Crippen molar-refractivity contribution in [3.63, 3.8) is 0 Å². The maximum atomic E-state index is 9.50. The van der Waals surface area contributed by atoms with Crippen molar-refractivity contribution < 1.29 is 19.2 Å². The van der Waals surface area contributed by atoms with E-state index in [0.717, 1.165) is 5.56 Å². The molecule has 1 aromatic carbocycles. The summed E-state index contributed by atoms with van der Waals surface area (Å²) in [6.45, 7) is 7.92. The normalized spacial score (nSPS) is 21.8. The van der Waals surface area contributed by atoms with Gasteiger partial charge in [0.2, 0.25) is 0 Å². The minimum absolute atomic E-state index is 0.131. The summed E-state index contributed by atoms with van der Waals surface area (Å²) in [7, 11) is 0.980. The third-order valence-corrected chi connectivity index (χ3v) is 4.14. The summed E-state index contributed by atoms with van der Waals surface area (Å²) >= 11 is 0. The predicted octanol–water partition coefficient (Wildman–Crippen LogP) is 2.03. The lowest BCUT2D eigenvalue weighted by Crippen LogP contribution is -2.41. The molecule has 0 saturated carbocycles. The van der Waals surface area contributed by atoms with E-state index in [1.807, 2.05) is 27.7 Å². The molecule has 1 aliphatic heterocycles. The molecule has 0 unspecified atom stereocenters. The Labute approximate surface area is 120 Å². The topological polar surface area (TPSA) is 73.9 Å². The molecule has 1 atom stereocenters. The molecule has 1 aromatic rings. The zero-order valence-corrected chi connectivity index (χ0v) is 12.6. The Hall–Kier alpha value is -1.24. The second-order valence-corrected chi connectivity index (χ2v) is 6.08. The van der Waals surface area contributed by atoms with E-state index in [2.05, 4.69) is 0 Å². The SMILES string of the molecule is COc1cc(O)ccc1[C@H](N)B1OC(C)(C)C(C)(C)O1. The van der Waals surface area contributed by atoms with Crippen LogP contribution in [-0.4, -0.2) is 30.5 Å². The van der Waals surface area contributed by atoms with Crippen LogP contribution in [0.5, 0.6) is 11.5 Å². The van der Waals surface area contributed by atoms with Gasteiger partial charge < -0.3 is 24.9 Å². The molecule has 3 N–H and O–H groups in total. The molecule has 6 heteroatoms. The van der Waals surface area contributed by atoms with Crippen LogP contribution in [0, 0.1) is 0 Å². The van der Waals surface area contributed by atoms with E-state index in [0.29, 0.717) is 5.75 Å². The number of nitrogens with two attached hydrogens (primary N) is 1. The molecule has 0 amide bonds. The maximum Gasteiger partial charge on any atom is 0.480 e. The first-order valence-electron chi connectivity index (χ1n) is 6.66. The molecule has 1 fully saturated rings. The Bertz CT molecular complexity index is 488. The summed E-state index contributed by atoms with van der Waals surface area (Å²) in [5.74, 6) is 0.158. The van der Waals surface area contributed by atoms with E-state index in [-0.39, 0.29) is 5.75 Å². The van der Waals surface area contributed by atoms with Crippen LogP contribution >= 0.6 is 0 Å². The van der Waals surface area contributed by atoms with Crippen molar-refractivity contribution in [1.82, 2.24) is 0 Å².